The Morgan fingerprint density at radius 2 is 1.71 bits per heavy atom. The molecule has 0 saturated heterocycles. The molecule has 8 heteroatoms. The van der Waals surface area contributed by atoms with E-state index in [1.165, 1.54) is 68.5 Å². The van der Waals surface area contributed by atoms with E-state index in [9.17, 15) is 17.6 Å². The van der Waals surface area contributed by atoms with E-state index in [2.05, 4.69) is 5.32 Å². The van der Waals surface area contributed by atoms with Gasteiger partial charge in [-0.25, -0.2) is 12.8 Å². The highest BCUT2D eigenvalue weighted by Crippen LogP contribution is 2.28. The zero-order valence-electron chi connectivity index (χ0n) is 17.7. The Labute approximate surface area is 188 Å². The first-order valence-corrected chi connectivity index (χ1v) is 13.1. The third kappa shape index (κ3) is 6.71. The number of benzene rings is 2. The minimum absolute atomic E-state index is 0.0862. The number of sulfonamides is 1. The van der Waals surface area contributed by atoms with E-state index in [1.807, 2.05) is 18.7 Å². The van der Waals surface area contributed by atoms with Crippen molar-refractivity contribution in [3.05, 3.63) is 59.9 Å². The van der Waals surface area contributed by atoms with Gasteiger partial charge < -0.3 is 5.32 Å². The van der Waals surface area contributed by atoms with Gasteiger partial charge in [-0.3, -0.25) is 9.10 Å². The van der Waals surface area contributed by atoms with E-state index >= 15 is 0 Å². The predicted octanol–water partition coefficient (Wildman–Crippen LogP) is 4.51. The predicted molar refractivity (Wildman–Crippen MR) is 124 cm³/mol. The molecular formula is C23H29FN2O3S2. The molecule has 1 fully saturated rings. The third-order valence-corrected chi connectivity index (χ3v) is 8.51. The van der Waals surface area contributed by atoms with Gasteiger partial charge in [-0.05, 0) is 56.2 Å². The number of hydrogen-bond donors (Lipinski definition) is 1. The molecule has 5 nitrogen and oxygen atoms in total. The number of rotatable bonds is 9. The quantitative estimate of drug-likeness (QED) is 0.555. The molecule has 0 aromatic heterocycles. The number of halogens is 1. The molecule has 1 aliphatic rings. The van der Waals surface area contributed by atoms with Gasteiger partial charge in [-0.1, -0.05) is 37.0 Å². The van der Waals surface area contributed by atoms with E-state index in [0.717, 1.165) is 15.6 Å². The maximum Gasteiger partial charge on any atom is 0.264 e. The van der Waals surface area contributed by atoms with Crippen LogP contribution in [-0.4, -0.2) is 38.4 Å². The van der Waals surface area contributed by atoms with Crippen molar-refractivity contribution in [2.45, 2.75) is 49.2 Å². The number of anilines is 1. The number of aryl methyl sites for hydroxylation is 1. The van der Waals surface area contributed by atoms with Crippen LogP contribution in [0.4, 0.5) is 10.1 Å². The molecule has 0 atom stereocenters. The summed E-state index contributed by atoms with van der Waals surface area (Å²) >= 11 is 1.87. The molecule has 1 amide bonds. The maximum atomic E-state index is 13.4. The van der Waals surface area contributed by atoms with Crippen molar-refractivity contribution in [2.75, 3.05) is 23.1 Å². The summed E-state index contributed by atoms with van der Waals surface area (Å²) in [5.41, 5.74) is 1.18. The van der Waals surface area contributed by atoms with E-state index in [4.69, 9.17) is 0 Å². The highest BCUT2D eigenvalue weighted by Gasteiger charge is 2.27. The van der Waals surface area contributed by atoms with Crippen LogP contribution in [0.1, 0.15) is 37.7 Å². The van der Waals surface area contributed by atoms with Crippen LogP contribution in [0, 0.1) is 12.7 Å². The van der Waals surface area contributed by atoms with Gasteiger partial charge in [0, 0.05) is 17.5 Å². The largest absolute Gasteiger partial charge is 0.354 e. The van der Waals surface area contributed by atoms with E-state index in [-0.39, 0.29) is 23.0 Å². The van der Waals surface area contributed by atoms with Crippen LogP contribution in [0.3, 0.4) is 0 Å². The zero-order valence-corrected chi connectivity index (χ0v) is 19.4. The van der Waals surface area contributed by atoms with Crippen LogP contribution in [0.25, 0.3) is 0 Å². The molecule has 1 saturated carbocycles. The Hall–Kier alpha value is -2.06. The van der Waals surface area contributed by atoms with Crippen molar-refractivity contribution in [1.82, 2.24) is 5.32 Å². The maximum absolute atomic E-state index is 13.4. The summed E-state index contributed by atoms with van der Waals surface area (Å²) < 4.78 is 40.9. The molecular weight excluding hydrogens is 435 g/mol. The summed E-state index contributed by atoms with van der Waals surface area (Å²) in [6, 6.07) is 11.5. The lowest BCUT2D eigenvalue weighted by molar-refractivity contribution is -0.119. The lowest BCUT2D eigenvalue weighted by Crippen LogP contribution is -2.41. The average molecular weight is 465 g/mol. The first-order valence-electron chi connectivity index (χ1n) is 10.6. The number of carbonyl (C=O) groups excluding carboxylic acids is 1. The van der Waals surface area contributed by atoms with Crippen molar-refractivity contribution in [1.29, 1.82) is 0 Å². The zero-order chi connectivity index (χ0) is 22.3. The second kappa shape index (κ2) is 11.0. The van der Waals surface area contributed by atoms with E-state index in [1.54, 1.807) is 12.1 Å². The second-order valence-electron chi connectivity index (χ2n) is 7.78. The lowest BCUT2D eigenvalue weighted by Gasteiger charge is -2.24. The topological polar surface area (TPSA) is 66.5 Å². The van der Waals surface area contributed by atoms with Crippen molar-refractivity contribution in [2.24, 2.45) is 0 Å². The number of amides is 1. The monoisotopic (exact) mass is 464 g/mol. The van der Waals surface area contributed by atoms with Gasteiger partial charge >= 0.3 is 0 Å². The molecule has 2 aromatic carbocycles. The van der Waals surface area contributed by atoms with E-state index < -0.39 is 15.8 Å². The molecule has 0 heterocycles. The highest BCUT2D eigenvalue weighted by atomic mass is 32.2. The van der Waals surface area contributed by atoms with Crippen LogP contribution in [0.5, 0.6) is 0 Å². The number of nitrogens with zero attached hydrogens (tertiary/aromatic N) is 1. The van der Waals surface area contributed by atoms with Crippen LogP contribution in [0.15, 0.2) is 53.4 Å². The van der Waals surface area contributed by atoms with Crippen molar-refractivity contribution in [3.8, 4) is 0 Å². The lowest BCUT2D eigenvalue weighted by atomic mass is 10.0. The van der Waals surface area contributed by atoms with Gasteiger partial charge in [0.1, 0.15) is 12.4 Å². The molecule has 1 aliphatic carbocycles. The summed E-state index contributed by atoms with van der Waals surface area (Å²) in [7, 11) is -3.98. The Balaban J connectivity index is 1.67. The first-order chi connectivity index (χ1) is 14.9. The number of hydrogen-bond acceptors (Lipinski definition) is 4. The summed E-state index contributed by atoms with van der Waals surface area (Å²) in [6.07, 6.45) is 6.31. The summed E-state index contributed by atoms with van der Waals surface area (Å²) in [5, 5.41) is 3.48. The van der Waals surface area contributed by atoms with Crippen LogP contribution in [0.2, 0.25) is 0 Å². The van der Waals surface area contributed by atoms with Gasteiger partial charge in [-0.2, -0.15) is 11.8 Å². The molecule has 0 radical (unpaired) electrons. The summed E-state index contributed by atoms with van der Waals surface area (Å²) in [4.78, 5) is 12.7. The summed E-state index contributed by atoms with van der Waals surface area (Å²) in [6.45, 7) is 1.99. The fourth-order valence-electron chi connectivity index (χ4n) is 3.59. The van der Waals surface area contributed by atoms with Crippen LogP contribution in [-0.2, 0) is 14.8 Å². The number of carbonyl (C=O) groups is 1. The molecule has 0 spiro atoms. The fraction of sp³-hybridized carbons (Fsp3) is 0.435. The smallest absolute Gasteiger partial charge is 0.264 e. The van der Waals surface area contributed by atoms with Crippen molar-refractivity contribution >= 4 is 33.4 Å². The normalized spacial score (nSPS) is 14.9. The third-order valence-electron chi connectivity index (χ3n) is 5.34. The van der Waals surface area contributed by atoms with Gasteiger partial charge in [0.25, 0.3) is 10.0 Å². The van der Waals surface area contributed by atoms with Crippen molar-refractivity contribution < 1.29 is 17.6 Å². The standard InChI is InChI=1S/C23H29FN2O3S2/c1-18-7-13-22(14-8-18)31(28,29)26(20-11-9-19(24)10-12-20)17-23(27)25-15-16-30-21-5-3-2-4-6-21/h7-14,21H,2-6,15-17H2,1H3,(H,25,27). The average Bonchev–Trinajstić information content (AvgIpc) is 2.77. The molecule has 2 aromatic rings. The molecule has 168 valence electrons. The SMILES string of the molecule is Cc1ccc(S(=O)(=O)N(CC(=O)NCCSC2CCCCC2)c2ccc(F)cc2)cc1. The van der Waals surface area contributed by atoms with Crippen molar-refractivity contribution in [3.63, 3.8) is 0 Å². The minimum Gasteiger partial charge on any atom is -0.354 e. The minimum atomic E-state index is -3.98. The Bertz CT molecular complexity index is 957. The highest BCUT2D eigenvalue weighted by molar-refractivity contribution is 7.99. The molecule has 0 unspecified atom stereocenters. The Morgan fingerprint density at radius 3 is 2.35 bits per heavy atom. The molecule has 0 aliphatic heterocycles. The van der Waals surface area contributed by atoms with Crippen LogP contribution >= 0.6 is 11.8 Å². The number of thioether (sulfide) groups is 1. The van der Waals surface area contributed by atoms with Gasteiger partial charge in [0.05, 0.1) is 10.6 Å². The van der Waals surface area contributed by atoms with Gasteiger partial charge in [0.2, 0.25) is 5.91 Å². The first kappa shape index (κ1) is 23.6. The Kier molecular flexibility index (Phi) is 8.37. The van der Waals surface area contributed by atoms with E-state index in [0.29, 0.717) is 11.8 Å². The number of nitrogens with one attached hydrogen (secondary N) is 1. The van der Waals surface area contributed by atoms with Gasteiger partial charge in [0.15, 0.2) is 0 Å². The molecule has 3 rings (SSSR count). The fourth-order valence-corrected chi connectivity index (χ4v) is 6.23. The van der Waals surface area contributed by atoms with Crippen LogP contribution < -0.4 is 9.62 Å². The molecule has 1 N–H and O–H groups in total. The van der Waals surface area contributed by atoms with Gasteiger partial charge in [-0.15, -0.1) is 0 Å². The molecule has 31 heavy (non-hydrogen) atoms. The summed E-state index contributed by atoms with van der Waals surface area (Å²) in [5.74, 6) is -0.0534. The molecule has 0 bridgehead atoms. The second-order valence-corrected chi connectivity index (χ2v) is 11.1. The Morgan fingerprint density at radius 1 is 1.06 bits per heavy atom.